The van der Waals surface area contributed by atoms with E-state index in [0.717, 1.165) is 29.9 Å². The van der Waals surface area contributed by atoms with Crippen LogP contribution in [0.25, 0.3) is 0 Å². The minimum atomic E-state index is -0.200. The van der Waals surface area contributed by atoms with E-state index in [0.29, 0.717) is 6.54 Å². The molecule has 0 saturated heterocycles. The van der Waals surface area contributed by atoms with Gasteiger partial charge in [0.15, 0.2) is 0 Å². The van der Waals surface area contributed by atoms with Crippen molar-refractivity contribution in [1.29, 1.82) is 0 Å². The molecule has 0 bridgehead atoms. The lowest BCUT2D eigenvalue weighted by Gasteiger charge is -2.15. The van der Waals surface area contributed by atoms with E-state index in [1.807, 2.05) is 19.9 Å². The van der Waals surface area contributed by atoms with E-state index in [9.17, 15) is 9.50 Å². The molecule has 0 aromatic heterocycles. The first-order valence-corrected chi connectivity index (χ1v) is 6.01. The largest absolute Gasteiger partial charge is 0.394 e. The summed E-state index contributed by atoms with van der Waals surface area (Å²) in [5.41, 5.74) is 1.77. The standard InChI is InChI=1S/C14H19FNO/c1-10(2)12-5-11(6-13(15)7-12)8-16-14(9-17)3-4-14/h5-7,16-17H,3-4,8-9H2,1-2H3. The molecule has 0 heterocycles. The van der Waals surface area contributed by atoms with Crippen LogP contribution in [0.15, 0.2) is 18.2 Å². The van der Waals surface area contributed by atoms with Gasteiger partial charge in [0, 0.05) is 12.1 Å². The minimum absolute atomic E-state index is 0.0997. The zero-order valence-electron chi connectivity index (χ0n) is 10.4. The Hall–Kier alpha value is -0.930. The number of halogens is 1. The lowest BCUT2D eigenvalue weighted by molar-refractivity contribution is 0.229. The molecule has 1 saturated carbocycles. The van der Waals surface area contributed by atoms with Gasteiger partial charge in [0.2, 0.25) is 0 Å². The van der Waals surface area contributed by atoms with E-state index in [1.54, 1.807) is 12.1 Å². The van der Waals surface area contributed by atoms with Crippen LogP contribution in [0.1, 0.15) is 37.8 Å². The maximum atomic E-state index is 13.4. The average molecular weight is 236 g/mol. The second-order valence-electron chi connectivity index (χ2n) is 5.14. The molecule has 0 spiro atoms. The van der Waals surface area contributed by atoms with E-state index in [4.69, 9.17) is 0 Å². The van der Waals surface area contributed by atoms with Crippen molar-refractivity contribution in [3.63, 3.8) is 0 Å². The van der Waals surface area contributed by atoms with Crippen LogP contribution in [0.5, 0.6) is 0 Å². The first kappa shape index (κ1) is 12.5. The van der Waals surface area contributed by atoms with E-state index < -0.39 is 0 Å². The molecular formula is C14H19FNO. The molecule has 1 aromatic rings. The van der Waals surface area contributed by atoms with Crippen LogP contribution in [-0.4, -0.2) is 17.3 Å². The summed E-state index contributed by atoms with van der Waals surface area (Å²) in [5, 5.41) is 12.5. The molecule has 2 N–H and O–H groups in total. The molecule has 2 nitrogen and oxygen atoms in total. The average Bonchev–Trinajstić information content (AvgIpc) is 3.06. The molecule has 2 rings (SSSR count). The van der Waals surface area contributed by atoms with Crippen molar-refractivity contribution in [3.8, 4) is 0 Å². The van der Waals surface area contributed by atoms with Gasteiger partial charge in [-0.3, -0.25) is 0 Å². The number of benzene rings is 1. The maximum Gasteiger partial charge on any atom is 0.123 e. The molecule has 17 heavy (non-hydrogen) atoms. The van der Waals surface area contributed by atoms with Crippen LogP contribution in [0.2, 0.25) is 0 Å². The molecular weight excluding hydrogens is 217 g/mol. The predicted molar refractivity (Wildman–Crippen MR) is 66.0 cm³/mol. The summed E-state index contributed by atoms with van der Waals surface area (Å²) in [4.78, 5) is 0. The first-order chi connectivity index (χ1) is 8.04. The van der Waals surface area contributed by atoms with E-state index in [2.05, 4.69) is 5.32 Å². The van der Waals surface area contributed by atoms with Crippen molar-refractivity contribution in [3.05, 3.63) is 41.1 Å². The fourth-order valence-electron chi connectivity index (χ4n) is 1.87. The van der Waals surface area contributed by atoms with Crippen LogP contribution >= 0.6 is 0 Å². The van der Waals surface area contributed by atoms with Gasteiger partial charge in [-0.2, -0.15) is 0 Å². The lowest BCUT2D eigenvalue weighted by atomic mass is 10.0. The van der Waals surface area contributed by atoms with Gasteiger partial charge in [-0.1, -0.05) is 19.9 Å². The highest BCUT2D eigenvalue weighted by molar-refractivity contribution is 5.33. The summed E-state index contributed by atoms with van der Waals surface area (Å²) in [6, 6.07) is 5.10. The SMILES string of the molecule is C[C](C)c1cc(F)cc(CNC2(CO)CC2)c1. The number of aliphatic hydroxyl groups excluding tert-OH is 1. The number of rotatable bonds is 5. The summed E-state index contributed by atoms with van der Waals surface area (Å²) in [7, 11) is 0. The van der Waals surface area contributed by atoms with E-state index in [-0.39, 0.29) is 18.0 Å². The molecule has 1 aliphatic carbocycles. The van der Waals surface area contributed by atoms with Gasteiger partial charge in [0.05, 0.1) is 6.61 Å². The van der Waals surface area contributed by atoms with Crippen molar-refractivity contribution in [1.82, 2.24) is 5.32 Å². The van der Waals surface area contributed by atoms with Gasteiger partial charge in [-0.15, -0.1) is 0 Å². The Kier molecular flexibility index (Phi) is 3.50. The van der Waals surface area contributed by atoms with Crippen LogP contribution in [0.4, 0.5) is 4.39 Å². The monoisotopic (exact) mass is 236 g/mol. The second kappa shape index (κ2) is 4.75. The molecule has 0 amide bonds. The number of aliphatic hydroxyl groups is 1. The van der Waals surface area contributed by atoms with Crippen molar-refractivity contribution in [2.45, 2.75) is 38.8 Å². The molecule has 3 heteroatoms. The molecule has 0 aliphatic heterocycles. The van der Waals surface area contributed by atoms with Crippen LogP contribution in [0.3, 0.4) is 0 Å². The van der Waals surface area contributed by atoms with Crippen LogP contribution in [-0.2, 0) is 6.54 Å². The zero-order chi connectivity index (χ0) is 12.5. The second-order valence-corrected chi connectivity index (χ2v) is 5.14. The van der Waals surface area contributed by atoms with Crippen LogP contribution in [0, 0.1) is 11.7 Å². The molecule has 0 atom stereocenters. The number of hydrogen-bond acceptors (Lipinski definition) is 2. The summed E-state index contributed by atoms with van der Waals surface area (Å²) in [6.45, 7) is 4.72. The fourth-order valence-corrected chi connectivity index (χ4v) is 1.87. The third-order valence-electron chi connectivity index (χ3n) is 3.36. The summed E-state index contributed by atoms with van der Waals surface area (Å²) in [5.74, 6) is 0.906. The Morgan fingerprint density at radius 1 is 1.35 bits per heavy atom. The van der Waals surface area contributed by atoms with Gasteiger partial charge in [-0.05, 0) is 42.0 Å². The van der Waals surface area contributed by atoms with Gasteiger partial charge in [-0.25, -0.2) is 4.39 Å². The Morgan fingerprint density at radius 2 is 2.06 bits per heavy atom. The minimum Gasteiger partial charge on any atom is -0.394 e. The van der Waals surface area contributed by atoms with Gasteiger partial charge < -0.3 is 10.4 Å². The van der Waals surface area contributed by atoms with E-state index >= 15 is 0 Å². The van der Waals surface area contributed by atoms with Crippen molar-refractivity contribution >= 4 is 0 Å². The van der Waals surface area contributed by atoms with Crippen molar-refractivity contribution < 1.29 is 9.50 Å². The van der Waals surface area contributed by atoms with Gasteiger partial charge in [0.25, 0.3) is 0 Å². The predicted octanol–water partition coefficient (Wildman–Crippen LogP) is 2.40. The fraction of sp³-hybridized carbons (Fsp3) is 0.500. The first-order valence-electron chi connectivity index (χ1n) is 6.01. The Bertz CT molecular complexity index is 399. The third-order valence-corrected chi connectivity index (χ3v) is 3.36. The van der Waals surface area contributed by atoms with Crippen LogP contribution < -0.4 is 5.32 Å². The highest BCUT2D eigenvalue weighted by Crippen LogP contribution is 2.34. The lowest BCUT2D eigenvalue weighted by Crippen LogP contribution is -2.34. The molecule has 93 valence electrons. The Labute approximate surface area is 102 Å². The molecule has 1 radical (unpaired) electrons. The van der Waals surface area contributed by atoms with Gasteiger partial charge in [0.1, 0.15) is 5.82 Å². The number of hydrogen-bond donors (Lipinski definition) is 2. The van der Waals surface area contributed by atoms with Gasteiger partial charge >= 0.3 is 0 Å². The van der Waals surface area contributed by atoms with Crippen molar-refractivity contribution in [2.24, 2.45) is 0 Å². The quantitative estimate of drug-likeness (QED) is 0.822. The highest BCUT2D eigenvalue weighted by atomic mass is 19.1. The van der Waals surface area contributed by atoms with Crippen molar-refractivity contribution in [2.75, 3.05) is 6.61 Å². The maximum absolute atomic E-state index is 13.4. The number of nitrogens with one attached hydrogen (secondary N) is 1. The third kappa shape index (κ3) is 3.05. The summed E-state index contributed by atoms with van der Waals surface area (Å²) >= 11 is 0. The normalized spacial score (nSPS) is 17.5. The molecule has 1 fully saturated rings. The highest BCUT2D eigenvalue weighted by Gasteiger charge is 2.41. The zero-order valence-corrected chi connectivity index (χ0v) is 10.4. The van der Waals surface area contributed by atoms with E-state index in [1.165, 1.54) is 0 Å². The summed E-state index contributed by atoms with van der Waals surface area (Å²) in [6.07, 6.45) is 2.01. The smallest absolute Gasteiger partial charge is 0.123 e. The molecule has 1 aromatic carbocycles. The molecule has 0 unspecified atom stereocenters. The summed E-state index contributed by atoms with van der Waals surface area (Å²) < 4.78 is 13.4. The Morgan fingerprint density at radius 3 is 2.59 bits per heavy atom. The Balaban J connectivity index is 2.05. The topological polar surface area (TPSA) is 32.3 Å². The molecule has 1 aliphatic rings.